The Morgan fingerprint density at radius 2 is 0.949 bits per heavy atom. The van der Waals surface area contributed by atoms with Crippen molar-refractivity contribution in [1.82, 2.24) is 9.80 Å². The van der Waals surface area contributed by atoms with Gasteiger partial charge in [-0.3, -0.25) is 29.8 Å². The molecule has 12 nitrogen and oxygen atoms in total. The van der Waals surface area contributed by atoms with Gasteiger partial charge in [-0.15, -0.1) is 0 Å². The van der Waals surface area contributed by atoms with E-state index in [0.29, 0.717) is 76.7 Å². The van der Waals surface area contributed by atoms with Crippen LogP contribution in [-0.4, -0.2) is 95.3 Å². The molecule has 2 heterocycles. The molecule has 2 amide bonds. The van der Waals surface area contributed by atoms with E-state index in [4.69, 9.17) is 0 Å². The highest BCUT2D eigenvalue weighted by molar-refractivity contribution is 7.99. The molecular weight excluding hydrogens is 524 g/mol. The van der Waals surface area contributed by atoms with Gasteiger partial charge in [-0.2, -0.15) is 11.8 Å². The summed E-state index contributed by atoms with van der Waals surface area (Å²) < 4.78 is 0. The fourth-order valence-corrected chi connectivity index (χ4v) is 5.58. The number of non-ortho nitro benzene ring substituents is 2. The number of carbonyl (C=O) groups excluding carboxylic acids is 2. The third kappa shape index (κ3) is 7.59. The first-order chi connectivity index (χ1) is 18.8. The number of thioether (sulfide) groups is 1. The molecule has 2 aliphatic heterocycles. The topological polar surface area (TPSA) is 133 Å². The Morgan fingerprint density at radius 1 is 0.615 bits per heavy atom. The van der Waals surface area contributed by atoms with Crippen LogP contribution in [0.3, 0.4) is 0 Å². The van der Waals surface area contributed by atoms with Crippen LogP contribution < -0.4 is 9.80 Å². The smallest absolute Gasteiger partial charge is 0.269 e. The van der Waals surface area contributed by atoms with Gasteiger partial charge in [-0.25, -0.2) is 0 Å². The number of hydrogen-bond acceptors (Lipinski definition) is 9. The van der Waals surface area contributed by atoms with Crippen molar-refractivity contribution in [3.63, 3.8) is 0 Å². The second-order valence-corrected chi connectivity index (χ2v) is 10.6. The summed E-state index contributed by atoms with van der Waals surface area (Å²) in [5.74, 6) is 1.56. The lowest BCUT2D eigenvalue weighted by Crippen LogP contribution is -2.49. The van der Waals surface area contributed by atoms with Crippen molar-refractivity contribution in [2.75, 3.05) is 73.7 Å². The summed E-state index contributed by atoms with van der Waals surface area (Å²) in [6.07, 6.45) is 0.870. The number of hydrogen-bond donors (Lipinski definition) is 0. The van der Waals surface area contributed by atoms with Crippen LogP contribution in [0.1, 0.15) is 12.8 Å². The number of rotatable bonds is 10. The van der Waals surface area contributed by atoms with Gasteiger partial charge in [0.1, 0.15) is 0 Å². The zero-order valence-corrected chi connectivity index (χ0v) is 22.5. The molecule has 0 bridgehead atoms. The summed E-state index contributed by atoms with van der Waals surface area (Å²) in [7, 11) is 0. The number of amides is 2. The van der Waals surface area contributed by atoms with Crippen molar-refractivity contribution >= 4 is 46.3 Å². The molecule has 2 aromatic rings. The third-order valence-electron chi connectivity index (χ3n) is 7.04. The zero-order chi connectivity index (χ0) is 27.8. The number of carbonyl (C=O) groups is 2. The van der Waals surface area contributed by atoms with Gasteiger partial charge < -0.3 is 19.6 Å². The fraction of sp³-hybridized carbons (Fsp3) is 0.462. The van der Waals surface area contributed by atoms with E-state index in [9.17, 15) is 29.8 Å². The predicted octanol–water partition coefficient (Wildman–Crippen LogP) is 3.01. The first kappa shape index (κ1) is 28.1. The lowest BCUT2D eigenvalue weighted by atomic mass is 10.2. The van der Waals surface area contributed by atoms with Crippen LogP contribution in [0.5, 0.6) is 0 Å². The molecule has 208 valence electrons. The number of nitro benzene ring substituents is 2. The van der Waals surface area contributed by atoms with E-state index in [1.54, 1.807) is 36.0 Å². The number of piperazine rings is 2. The van der Waals surface area contributed by atoms with E-state index in [1.165, 1.54) is 24.3 Å². The Hall–Kier alpha value is -3.87. The second-order valence-electron chi connectivity index (χ2n) is 9.40. The quantitative estimate of drug-likeness (QED) is 0.246. The lowest BCUT2D eigenvalue weighted by molar-refractivity contribution is -0.385. The molecule has 0 radical (unpaired) electrons. The van der Waals surface area contributed by atoms with Crippen LogP contribution in [0.25, 0.3) is 0 Å². The van der Waals surface area contributed by atoms with Gasteiger partial charge in [0.25, 0.3) is 11.4 Å². The van der Waals surface area contributed by atoms with E-state index >= 15 is 0 Å². The molecule has 0 N–H and O–H groups in total. The average molecular weight is 557 g/mol. The maximum atomic E-state index is 12.6. The maximum absolute atomic E-state index is 12.6. The SMILES string of the molecule is O=C(CCSCCC(=O)N1CCN(c2ccc([N+](=O)[O-])cc2)CC1)N1CCN(c2ccc([N+](=O)[O-])cc2)CC1. The van der Waals surface area contributed by atoms with Gasteiger partial charge >= 0.3 is 0 Å². The van der Waals surface area contributed by atoms with Crippen LogP contribution in [-0.2, 0) is 9.59 Å². The van der Waals surface area contributed by atoms with Gasteiger partial charge in [0, 0.05) is 112 Å². The molecule has 4 rings (SSSR count). The maximum Gasteiger partial charge on any atom is 0.269 e. The Kier molecular flexibility index (Phi) is 9.58. The molecule has 0 atom stereocenters. The number of nitro groups is 2. The minimum Gasteiger partial charge on any atom is -0.368 e. The summed E-state index contributed by atoms with van der Waals surface area (Å²) in [6, 6.07) is 13.0. The van der Waals surface area contributed by atoms with E-state index in [1.807, 2.05) is 9.80 Å². The summed E-state index contributed by atoms with van der Waals surface area (Å²) >= 11 is 1.61. The Labute approximate surface area is 230 Å². The summed E-state index contributed by atoms with van der Waals surface area (Å²) in [4.78, 5) is 54.0. The Balaban J connectivity index is 1.08. The van der Waals surface area contributed by atoms with Gasteiger partial charge in [0.2, 0.25) is 11.8 Å². The Morgan fingerprint density at radius 3 is 1.26 bits per heavy atom. The van der Waals surface area contributed by atoms with Crippen LogP contribution in [0, 0.1) is 20.2 Å². The summed E-state index contributed by atoms with van der Waals surface area (Å²) in [5.41, 5.74) is 1.96. The van der Waals surface area contributed by atoms with Gasteiger partial charge in [-0.05, 0) is 24.3 Å². The van der Waals surface area contributed by atoms with Gasteiger partial charge in [0.15, 0.2) is 0 Å². The highest BCUT2D eigenvalue weighted by Crippen LogP contribution is 2.22. The molecule has 2 saturated heterocycles. The molecule has 0 spiro atoms. The molecule has 0 unspecified atom stereocenters. The first-order valence-electron chi connectivity index (χ1n) is 12.9. The fourth-order valence-electron chi connectivity index (χ4n) is 4.74. The summed E-state index contributed by atoms with van der Waals surface area (Å²) in [5, 5.41) is 21.7. The molecule has 0 aromatic heterocycles. The molecule has 0 aliphatic carbocycles. The van der Waals surface area contributed by atoms with Crippen molar-refractivity contribution in [2.45, 2.75) is 12.8 Å². The number of nitrogens with zero attached hydrogens (tertiary/aromatic N) is 6. The molecule has 2 aliphatic rings. The molecule has 2 aromatic carbocycles. The molecule has 13 heteroatoms. The molecule has 2 fully saturated rings. The van der Waals surface area contributed by atoms with E-state index in [-0.39, 0.29) is 23.2 Å². The molecule has 39 heavy (non-hydrogen) atoms. The van der Waals surface area contributed by atoms with E-state index in [2.05, 4.69) is 9.80 Å². The molecular formula is C26H32N6O6S. The largest absolute Gasteiger partial charge is 0.368 e. The van der Waals surface area contributed by atoms with Crippen molar-refractivity contribution in [3.8, 4) is 0 Å². The van der Waals surface area contributed by atoms with Crippen LogP contribution in [0.2, 0.25) is 0 Å². The second kappa shape index (κ2) is 13.3. The monoisotopic (exact) mass is 556 g/mol. The van der Waals surface area contributed by atoms with E-state index in [0.717, 1.165) is 11.4 Å². The van der Waals surface area contributed by atoms with Gasteiger partial charge in [-0.1, -0.05) is 0 Å². The van der Waals surface area contributed by atoms with E-state index < -0.39 is 9.85 Å². The van der Waals surface area contributed by atoms with Gasteiger partial charge in [0.05, 0.1) is 9.85 Å². The number of benzene rings is 2. The summed E-state index contributed by atoms with van der Waals surface area (Å²) in [6.45, 7) is 5.20. The third-order valence-corrected chi connectivity index (χ3v) is 8.02. The minimum absolute atomic E-state index is 0.0639. The average Bonchev–Trinajstić information content (AvgIpc) is 2.97. The molecule has 0 saturated carbocycles. The van der Waals surface area contributed by atoms with Crippen molar-refractivity contribution in [3.05, 3.63) is 68.8 Å². The highest BCUT2D eigenvalue weighted by Gasteiger charge is 2.23. The predicted molar refractivity (Wildman–Crippen MR) is 150 cm³/mol. The van der Waals surface area contributed by atoms with Crippen LogP contribution in [0.15, 0.2) is 48.5 Å². The standard InChI is InChI=1S/C26H32N6O6S/c33-25(29-15-11-27(12-16-29)21-1-5-23(6-2-21)31(35)36)9-19-39-20-10-26(34)30-17-13-28(14-18-30)22-3-7-24(8-4-22)32(37)38/h1-8H,9-20H2. The highest BCUT2D eigenvalue weighted by atomic mass is 32.2. The minimum atomic E-state index is -0.416. The first-order valence-corrected chi connectivity index (χ1v) is 14.1. The zero-order valence-electron chi connectivity index (χ0n) is 21.6. The lowest BCUT2D eigenvalue weighted by Gasteiger charge is -2.36. The van der Waals surface area contributed by atoms with Crippen molar-refractivity contribution in [1.29, 1.82) is 0 Å². The van der Waals surface area contributed by atoms with Crippen LogP contribution in [0.4, 0.5) is 22.7 Å². The van der Waals surface area contributed by atoms with Crippen molar-refractivity contribution in [2.24, 2.45) is 0 Å². The number of anilines is 2. The normalized spacial score (nSPS) is 15.8. The van der Waals surface area contributed by atoms with Crippen LogP contribution >= 0.6 is 11.8 Å². The Bertz CT molecular complexity index is 1070. The van der Waals surface area contributed by atoms with Crippen molar-refractivity contribution < 1.29 is 19.4 Å².